The van der Waals surface area contributed by atoms with Crippen LogP contribution in [0.15, 0.2) is 42.5 Å². The molecule has 0 saturated heterocycles. The molecule has 0 aliphatic carbocycles. The van der Waals surface area contributed by atoms with Crippen LogP contribution < -0.4 is 15.6 Å². The van der Waals surface area contributed by atoms with Crippen LogP contribution >= 0.6 is 11.6 Å². The molecular weight excluding hydrogens is 299 g/mol. The molecule has 5 nitrogen and oxygen atoms in total. The van der Waals surface area contributed by atoms with E-state index < -0.39 is 11.9 Å². The Morgan fingerprint density at radius 3 is 2.76 bits per heavy atom. The van der Waals surface area contributed by atoms with E-state index in [-0.39, 0.29) is 6.61 Å². The lowest BCUT2D eigenvalue weighted by molar-refractivity contribution is 0.197. The number of hydrazine groups is 1. The summed E-state index contributed by atoms with van der Waals surface area (Å²) >= 11 is 5.68. The van der Waals surface area contributed by atoms with Crippen LogP contribution in [-0.2, 0) is 6.61 Å². The summed E-state index contributed by atoms with van der Waals surface area (Å²) in [7, 11) is 0. The average molecular weight is 311 g/mol. The summed E-state index contributed by atoms with van der Waals surface area (Å²) in [5.74, 6) is -0.0720. The smallest absolute Gasteiger partial charge is 0.423 e. The fourth-order valence-electron chi connectivity index (χ4n) is 1.61. The number of carbonyl (C=O) groups is 1. The van der Waals surface area contributed by atoms with Crippen molar-refractivity contribution in [1.82, 2.24) is 5.43 Å². The van der Waals surface area contributed by atoms with Crippen molar-refractivity contribution in [3.8, 4) is 5.75 Å². The summed E-state index contributed by atoms with van der Waals surface area (Å²) in [6.45, 7) is -0.00519. The van der Waals surface area contributed by atoms with Gasteiger partial charge >= 0.3 is 6.09 Å². The lowest BCUT2D eigenvalue weighted by Gasteiger charge is -2.13. The number of rotatable bonds is 5. The second-order valence-electron chi connectivity index (χ2n) is 4.08. The second kappa shape index (κ2) is 6.81. The third-order valence-electron chi connectivity index (χ3n) is 2.59. The number of hydrogen-bond donors (Lipinski definition) is 3. The molecule has 110 valence electrons. The van der Waals surface area contributed by atoms with E-state index in [1.54, 1.807) is 30.3 Å². The van der Waals surface area contributed by atoms with Gasteiger partial charge in [-0.15, -0.1) is 0 Å². The molecule has 0 aromatic heterocycles. The molecule has 0 radical (unpaired) electrons. The number of anilines is 1. The lowest BCUT2D eigenvalue weighted by Crippen LogP contribution is -2.27. The van der Waals surface area contributed by atoms with E-state index in [4.69, 9.17) is 21.4 Å². The molecule has 0 unspecified atom stereocenters. The molecular formula is C14H12ClFN2O3. The van der Waals surface area contributed by atoms with E-state index in [1.165, 1.54) is 12.1 Å². The van der Waals surface area contributed by atoms with Crippen molar-refractivity contribution in [2.45, 2.75) is 6.61 Å². The van der Waals surface area contributed by atoms with Gasteiger partial charge in [0.1, 0.15) is 18.2 Å². The molecule has 0 atom stereocenters. The van der Waals surface area contributed by atoms with Crippen LogP contribution in [0.5, 0.6) is 5.75 Å². The lowest BCUT2D eigenvalue weighted by atomic mass is 10.2. The molecule has 0 saturated carbocycles. The summed E-state index contributed by atoms with van der Waals surface area (Å²) in [4.78, 5) is 10.5. The predicted molar refractivity (Wildman–Crippen MR) is 77.0 cm³/mol. The minimum Gasteiger partial charge on any atom is -0.487 e. The number of benzene rings is 2. The minimum absolute atomic E-state index is 0.00519. The highest BCUT2D eigenvalue weighted by atomic mass is 35.5. The van der Waals surface area contributed by atoms with Crippen molar-refractivity contribution >= 4 is 23.4 Å². The van der Waals surface area contributed by atoms with Crippen LogP contribution in [0.3, 0.4) is 0 Å². The zero-order valence-electron chi connectivity index (χ0n) is 10.8. The predicted octanol–water partition coefficient (Wildman–Crippen LogP) is 3.65. The number of hydrogen-bond acceptors (Lipinski definition) is 3. The molecule has 7 heteroatoms. The second-order valence-corrected chi connectivity index (χ2v) is 4.51. The first-order chi connectivity index (χ1) is 10.1. The molecule has 21 heavy (non-hydrogen) atoms. The van der Waals surface area contributed by atoms with Crippen molar-refractivity contribution in [2.75, 3.05) is 5.43 Å². The first-order valence-electron chi connectivity index (χ1n) is 5.97. The first kappa shape index (κ1) is 14.9. The van der Waals surface area contributed by atoms with Gasteiger partial charge in [-0.25, -0.2) is 14.6 Å². The number of halogens is 2. The van der Waals surface area contributed by atoms with Crippen LogP contribution in [0.2, 0.25) is 5.02 Å². The monoisotopic (exact) mass is 310 g/mol. The maximum absolute atomic E-state index is 13.6. The summed E-state index contributed by atoms with van der Waals surface area (Å²) in [6, 6.07) is 11.0. The van der Waals surface area contributed by atoms with Crippen LogP contribution in [-0.4, -0.2) is 11.2 Å². The van der Waals surface area contributed by atoms with Crippen LogP contribution in [0.25, 0.3) is 0 Å². The Bertz CT molecular complexity index is 652. The molecule has 0 spiro atoms. The Balaban J connectivity index is 2.07. The van der Waals surface area contributed by atoms with Crippen LogP contribution in [0, 0.1) is 5.82 Å². The number of ether oxygens (including phenoxy) is 1. The van der Waals surface area contributed by atoms with Gasteiger partial charge in [0, 0.05) is 10.6 Å². The summed E-state index contributed by atoms with van der Waals surface area (Å²) in [5, 5.41) is 8.87. The van der Waals surface area contributed by atoms with Gasteiger partial charge in [0.2, 0.25) is 0 Å². The van der Waals surface area contributed by atoms with Crippen molar-refractivity contribution in [3.63, 3.8) is 0 Å². The fourth-order valence-corrected chi connectivity index (χ4v) is 1.77. The highest BCUT2D eigenvalue weighted by Gasteiger charge is 2.07. The molecule has 0 aliphatic heterocycles. The van der Waals surface area contributed by atoms with E-state index in [0.29, 0.717) is 22.0 Å². The molecule has 0 aliphatic rings. The molecule has 0 bridgehead atoms. The Labute approximate surface area is 125 Å². The van der Waals surface area contributed by atoms with Gasteiger partial charge in [0.15, 0.2) is 0 Å². The first-order valence-corrected chi connectivity index (χ1v) is 6.35. The molecule has 2 rings (SSSR count). The van der Waals surface area contributed by atoms with Crippen LogP contribution in [0.4, 0.5) is 14.9 Å². The van der Waals surface area contributed by atoms with Crippen molar-refractivity contribution < 1.29 is 19.0 Å². The number of carboxylic acid groups (broad SMARTS) is 1. The van der Waals surface area contributed by atoms with Crippen LogP contribution in [0.1, 0.15) is 5.56 Å². The SMILES string of the molecule is O=C(O)NNc1ccccc1OCc1ccc(Cl)cc1F. The maximum atomic E-state index is 13.6. The van der Waals surface area contributed by atoms with Crippen molar-refractivity contribution in [3.05, 3.63) is 58.9 Å². The summed E-state index contributed by atoms with van der Waals surface area (Å²) in [5.41, 5.74) is 5.27. The Hall–Kier alpha value is -2.47. The van der Waals surface area contributed by atoms with Gasteiger partial charge in [-0.1, -0.05) is 29.8 Å². The maximum Gasteiger partial charge on any atom is 0.423 e. The Kier molecular flexibility index (Phi) is 4.84. The van der Waals surface area contributed by atoms with E-state index in [0.717, 1.165) is 0 Å². The highest BCUT2D eigenvalue weighted by Crippen LogP contribution is 2.24. The molecule has 0 fully saturated rings. The zero-order chi connectivity index (χ0) is 15.2. The Morgan fingerprint density at radius 1 is 1.29 bits per heavy atom. The van der Waals surface area contributed by atoms with E-state index in [1.807, 2.05) is 5.43 Å². The van der Waals surface area contributed by atoms with Gasteiger partial charge in [-0.2, -0.15) is 0 Å². The number of nitrogens with one attached hydrogen (secondary N) is 2. The van der Waals surface area contributed by atoms with E-state index in [2.05, 4.69) is 5.43 Å². The Morgan fingerprint density at radius 2 is 2.05 bits per heavy atom. The normalized spacial score (nSPS) is 10.0. The highest BCUT2D eigenvalue weighted by molar-refractivity contribution is 6.30. The minimum atomic E-state index is -1.23. The van der Waals surface area contributed by atoms with Crippen molar-refractivity contribution in [2.24, 2.45) is 0 Å². The third-order valence-corrected chi connectivity index (χ3v) is 2.82. The molecule has 1 amide bonds. The fraction of sp³-hybridized carbons (Fsp3) is 0.0714. The third kappa shape index (κ3) is 4.25. The van der Waals surface area contributed by atoms with Gasteiger partial charge in [0.25, 0.3) is 0 Å². The molecule has 3 N–H and O–H groups in total. The molecule has 0 heterocycles. The topological polar surface area (TPSA) is 70.6 Å². The zero-order valence-corrected chi connectivity index (χ0v) is 11.5. The standard InChI is InChI=1S/C14H12ClFN2O3/c15-10-6-5-9(11(16)7-10)8-21-13-4-2-1-3-12(13)17-18-14(19)20/h1-7,17-18H,8H2,(H,19,20). The van der Waals surface area contributed by atoms with Crippen molar-refractivity contribution in [1.29, 1.82) is 0 Å². The molecule has 2 aromatic carbocycles. The van der Waals surface area contributed by atoms with Gasteiger partial charge in [-0.05, 0) is 24.3 Å². The average Bonchev–Trinajstić information content (AvgIpc) is 2.45. The van der Waals surface area contributed by atoms with Gasteiger partial charge in [-0.3, -0.25) is 5.43 Å². The van der Waals surface area contributed by atoms with Gasteiger partial charge < -0.3 is 9.84 Å². The summed E-state index contributed by atoms with van der Waals surface area (Å²) in [6.07, 6.45) is -1.23. The van der Waals surface area contributed by atoms with E-state index in [9.17, 15) is 9.18 Å². The quantitative estimate of drug-likeness (QED) is 0.737. The molecule has 2 aromatic rings. The van der Waals surface area contributed by atoms with Gasteiger partial charge in [0.05, 0.1) is 5.69 Å². The number of amides is 1. The number of para-hydroxylation sites is 2. The largest absolute Gasteiger partial charge is 0.487 e. The van der Waals surface area contributed by atoms with E-state index >= 15 is 0 Å². The summed E-state index contributed by atoms with van der Waals surface area (Å²) < 4.78 is 19.1.